The Morgan fingerprint density at radius 2 is 1.95 bits per heavy atom. The lowest BCUT2D eigenvalue weighted by molar-refractivity contribution is -0.121. The smallest absolute Gasteiger partial charge is 0.244 e. The van der Waals surface area contributed by atoms with E-state index in [1.807, 2.05) is 45.0 Å². The van der Waals surface area contributed by atoms with Crippen LogP contribution in [0.5, 0.6) is 5.75 Å². The van der Waals surface area contributed by atoms with Gasteiger partial charge in [-0.15, -0.1) is 0 Å². The quantitative estimate of drug-likeness (QED) is 0.806. The van der Waals surface area contributed by atoms with Crippen molar-refractivity contribution in [2.24, 2.45) is 5.92 Å². The molecule has 0 aliphatic carbocycles. The van der Waals surface area contributed by atoms with Crippen molar-refractivity contribution in [3.05, 3.63) is 24.3 Å². The first-order valence-electron chi connectivity index (χ1n) is 7.15. The van der Waals surface area contributed by atoms with Crippen molar-refractivity contribution in [1.29, 1.82) is 0 Å². The van der Waals surface area contributed by atoms with Gasteiger partial charge in [-0.3, -0.25) is 4.79 Å². The lowest BCUT2D eigenvalue weighted by atomic mass is 10.0. The highest BCUT2D eigenvalue weighted by Gasteiger charge is 2.26. The molecule has 1 aromatic rings. The first-order valence-corrected chi connectivity index (χ1v) is 7.15. The second-order valence-electron chi connectivity index (χ2n) is 5.81. The number of para-hydroxylation sites is 2. The standard InChI is InChI=1S/C16H26N2O2/c1-6-17-16(4,5)15(19)18-13-9-7-8-10-14(13)20-11-12(2)3/h7-10,12,17H,6,11H2,1-5H3,(H,18,19). The number of nitrogens with one attached hydrogen (secondary N) is 2. The summed E-state index contributed by atoms with van der Waals surface area (Å²) in [7, 11) is 0. The Hall–Kier alpha value is -1.55. The molecule has 112 valence electrons. The number of hydrogen-bond donors (Lipinski definition) is 2. The summed E-state index contributed by atoms with van der Waals surface area (Å²) in [6, 6.07) is 7.52. The molecule has 0 saturated heterocycles. The molecule has 1 rings (SSSR count). The average molecular weight is 278 g/mol. The number of likely N-dealkylation sites (N-methyl/N-ethyl adjacent to an activating group) is 1. The van der Waals surface area contributed by atoms with Crippen molar-refractivity contribution < 1.29 is 9.53 Å². The van der Waals surface area contributed by atoms with Gasteiger partial charge in [0.1, 0.15) is 5.75 Å². The van der Waals surface area contributed by atoms with Crippen molar-refractivity contribution >= 4 is 11.6 Å². The number of anilines is 1. The SMILES string of the molecule is CCNC(C)(C)C(=O)Nc1ccccc1OCC(C)C. The first-order chi connectivity index (χ1) is 9.36. The highest BCUT2D eigenvalue weighted by Crippen LogP contribution is 2.25. The first kappa shape index (κ1) is 16.5. The molecule has 0 fully saturated rings. The van der Waals surface area contributed by atoms with Gasteiger partial charge in [0.15, 0.2) is 0 Å². The van der Waals surface area contributed by atoms with Gasteiger partial charge in [0.25, 0.3) is 0 Å². The summed E-state index contributed by atoms with van der Waals surface area (Å²) < 4.78 is 5.74. The molecule has 0 atom stereocenters. The van der Waals surface area contributed by atoms with Crippen molar-refractivity contribution in [3.8, 4) is 5.75 Å². The van der Waals surface area contributed by atoms with E-state index >= 15 is 0 Å². The van der Waals surface area contributed by atoms with Crippen LogP contribution in [-0.4, -0.2) is 24.6 Å². The minimum absolute atomic E-state index is 0.0695. The van der Waals surface area contributed by atoms with Gasteiger partial charge in [-0.2, -0.15) is 0 Å². The van der Waals surface area contributed by atoms with E-state index in [2.05, 4.69) is 24.5 Å². The Morgan fingerprint density at radius 3 is 2.55 bits per heavy atom. The molecule has 0 aliphatic rings. The van der Waals surface area contributed by atoms with Gasteiger partial charge in [0, 0.05) is 0 Å². The molecule has 4 nitrogen and oxygen atoms in total. The van der Waals surface area contributed by atoms with Gasteiger partial charge in [0.05, 0.1) is 17.8 Å². The molecular weight excluding hydrogens is 252 g/mol. The van der Waals surface area contributed by atoms with Crippen molar-refractivity contribution in [3.63, 3.8) is 0 Å². The number of hydrogen-bond acceptors (Lipinski definition) is 3. The predicted octanol–water partition coefficient (Wildman–Crippen LogP) is 3.05. The molecule has 0 radical (unpaired) electrons. The second kappa shape index (κ2) is 7.29. The van der Waals surface area contributed by atoms with Crippen LogP contribution in [0.3, 0.4) is 0 Å². The fourth-order valence-electron chi connectivity index (χ4n) is 1.75. The zero-order valence-electron chi connectivity index (χ0n) is 13.1. The number of carbonyl (C=O) groups is 1. The topological polar surface area (TPSA) is 50.4 Å². The molecular formula is C16H26N2O2. The number of ether oxygens (including phenoxy) is 1. The van der Waals surface area contributed by atoms with Gasteiger partial charge < -0.3 is 15.4 Å². The van der Waals surface area contributed by atoms with Crippen LogP contribution in [0.4, 0.5) is 5.69 Å². The molecule has 0 unspecified atom stereocenters. The Kier molecular flexibility index (Phi) is 6.02. The van der Waals surface area contributed by atoms with Crippen molar-refractivity contribution in [1.82, 2.24) is 5.32 Å². The molecule has 1 aromatic carbocycles. The van der Waals surface area contributed by atoms with Crippen LogP contribution in [0.1, 0.15) is 34.6 Å². The van der Waals surface area contributed by atoms with E-state index in [-0.39, 0.29) is 5.91 Å². The predicted molar refractivity (Wildman–Crippen MR) is 83.2 cm³/mol. The second-order valence-corrected chi connectivity index (χ2v) is 5.81. The summed E-state index contributed by atoms with van der Waals surface area (Å²) in [6.45, 7) is 11.3. The molecule has 2 N–H and O–H groups in total. The molecule has 0 saturated carbocycles. The van der Waals surface area contributed by atoms with Crippen LogP contribution in [0, 0.1) is 5.92 Å². The third kappa shape index (κ3) is 4.85. The van der Waals surface area contributed by atoms with E-state index in [1.54, 1.807) is 0 Å². The zero-order valence-corrected chi connectivity index (χ0v) is 13.1. The summed E-state index contributed by atoms with van der Waals surface area (Å²) >= 11 is 0. The van der Waals surface area contributed by atoms with E-state index in [1.165, 1.54) is 0 Å². The minimum Gasteiger partial charge on any atom is -0.491 e. The summed E-state index contributed by atoms with van der Waals surface area (Å²) in [4.78, 5) is 12.3. The highest BCUT2D eigenvalue weighted by atomic mass is 16.5. The van der Waals surface area contributed by atoms with Crippen LogP contribution in [0.15, 0.2) is 24.3 Å². The monoisotopic (exact) mass is 278 g/mol. The van der Waals surface area contributed by atoms with Crippen LogP contribution in [-0.2, 0) is 4.79 Å². The molecule has 0 spiro atoms. The van der Waals surface area contributed by atoms with Crippen LogP contribution in [0.25, 0.3) is 0 Å². The maximum atomic E-state index is 12.3. The maximum absolute atomic E-state index is 12.3. The van der Waals surface area contributed by atoms with Crippen molar-refractivity contribution in [2.45, 2.75) is 40.2 Å². The molecule has 0 bridgehead atoms. The molecule has 1 amide bonds. The summed E-state index contributed by atoms with van der Waals surface area (Å²) in [5.41, 5.74) is 0.101. The molecule has 20 heavy (non-hydrogen) atoms. The third-order valence-electron chi connectivity index (χ3n) is 2.89. The number of amides is 1. The molecule has 0 heterocycles. The Bertz CT molecular complexity index is 442. The van der Waals surface area contributed by atoms with E-state index in [0.29, 0.717) is 24.0 Å². The van der Waals surface area contributed by atoms with Gasteiger partial charge in [-0.1, -0.05) is 32.9 Å². The highest BCUT2D eigenvalue weighted by molar-refractivity contribution is 5.98. The normalized spacial score (nSPS) is 11.5. The van der Waals surface area contributed by atoms with Gasteiger partial charge in [-0.25, -0.2) is 0 Å². The largest absolute Gasteiger partial charge is 0.491 e. The maximum Gasteiger partial charge on any atom is 0.244 e. The van der Waals surface area contributed by atoms with E-state index < -0.39 is 5.54 Å². The van der Waals surface area contributed by atoms with Crippen molar-refractivity contribution in [2.75, 3.05) is 18.5 Å². The average Bonchev–Trinajstić information content (AvgIpc) is 2.37. The summed E-state index contributed by atoms with van der Waals surface area (Å²) in [5, 5.41) is 6.09. The Morgan fingerprint density at radius 1 is 1.30 bits per heavy atom. The summed E-state index contributed by atoms with van der Waals surface area (Å²) in [5.74, 6) is 1.08. The Labute approximate surface area is 121 Å². The van der Waals surface area contributed by atoms with Crippen LogP contribution in [0.2, 0.25) is 0 Å². The third-order valence-corrected chi connectivity index (χ3v) is 2.89. The lowest BCUT2D eigenvalue weighted by Gasteiger charge is -2.25. The fourth-order valence-corrected chi connectivity index (χ4v) is 1.75. The lowest BCUT2D eigenvalue weighted by Crippen LogP contribution is -2.49. The summed E-state index contributed by atoms with van der Waals surface area (Å²) in [6.07, 6.45) is 0. The number of benzene rings is 1. The Balaban J connectivity index is 2.79. The van der Waals surface area contributed by atoms with Gasteiger partial charge in [-0.05, 0) is 38.4 Å². The molecule has 0 aromatic heterocycles. The van der Waals surface area contributed by atoms with E-state index in [0.717, 1.165) is 6.54 Å². The number of rotatable bonds is 7. The minimum atomic E-state index is -0.611. The van der Waals surface area contributed by atoms with Gasteiger partial charge in [0.2, 0.25) is 5.91 Å². The van der Waals surface area contributed by atoms with Crippen LogP contribution < -0.4 is 15.4 Å². The van der Waals surface area contributed by atoms with Crippen LogP contribution >= 0.6 is 0 Å². The fraction of sp³-hybridized carbons (Fsp3) is 0.562. The zero-order chi connectivity index (χ0) is 15.2. The number of carbonyl (C=O) groups excluding carboxylic acids is 1. The molecule has 4 heteroatoms. The molecule has 0 aliphatic heterocycles. The van der Waals surface area contributed by atoms with E-state index in [9.17, 15) is 4.79 Å². The van der Waals surface area contributed by atoms with Gasteiger partial charge >= 0.3 is 0 Å². The van der Waals surface area contributed by atoms with E-state index in [4.69, 9.17) is 4.74 Å².